The van der Waals surface area contributed by atoms with Gasteiger partial charge in [0.05, 0.1) is 24.1 Å². The van der Waals surface area contributed by atoms with E-state index in [0.717, 1.165) is 11.8 Å². The predicted molar refractivity (Wildman–Crippen MR) is 210 cm³/mol. The van der Waals surface area contributed by atoms with Gasteiger partial charge < -0.3 is 29.7 Å². The van der Waals surface area contributed by atoms with Crippen LogP contribution in [0, 0.1) is 17.8 Å². The standard InChI is InChI=1S/C41H57N5O9S/c1-8-26-20-25(3)14-10-11-15-27-22-41(27,37(49)45-56(51,52)40(7)18-19-40)44-34(47)31-21-28(24-46(31)36(48)33(26)43-38(50)55-39(4,5)6)54-35-30-17-13-12-16-29(30)32(23-42-35)53-9-2/h11-13,15-17,23,25-28,31,33H,8-10,14,18-22,24H2,1-7H3,(H,43,50)(H,44,47)(H,45,49). The van der Waals surface area contributed by atoms with Crippen molar-refractivity contribution in [2.45, 2.75) is 134 Å². The highest BCUT2D eigenvalue weighted by atomic mass is 32.2. The largest absolute Gasteiger partial charge is 0.492 e. The molecule has 306 valence electrons. The third-order valence-electron chi connectivity index (χ3n) is 11.6. The maximum absolute atomic E-state index is 14.9. The van der Waals surface area contributed by atoms with Gasteiger partial charge in [-0.15, -0.1) is 0 Å². The van der Waals surface area contributed by atoms with Crippen LogP contribution in [-0.4, -0.2) is 89.3 Å². The van der Waals surface area contributed by atoms with Crippen molar-refractivity contribution in [2.24, 2.45) is 17.8 Å². The molecule has 2 aliphatic heterocycles. The smallest absolute Gasteiger partial charge is 0.408 e. The highest BCUT2D eigenvalue weighted by Crippen LogP contribution is 2.48. The number of alkyl carbamates (subject to hydrolysis) is 1. The lowest BCUT2D eigenvalue weighted by atomic mass is 9.85. The third-order valence-corrected chi connectivity index (χ3v) is 13.7. The molecule has 2 aliphatic carbocycles. The molecule has 3 N–H and O–H groups in total. The highest BCUT2D eigenvalue weighted by molar-refractivity contribution is 7.91. The molecule has 6 rings (SSSR count). The molecule has 2 aromatic rings. The number of fused-ring (bicyclic) bond motifs is 3. The zero-order chi connectivity index (χ0) is 40.6. The van der Waals surface area contributed by atoms with E-state index in [9.17, 15) is 27.6 Å². The molecular formula is C41H57N5O9S. The van der Waals surface area contributed by atoms with E-state index >= 15 is 0 Å². The Morgan fingerprint density at radius 2 is 1.80 bits per heavy atom. The first kappa shape index (κ1) is 41.2. The van der Waals surface area contributed by atoms with Gasteiger partial charge in [0.2, 0.25) is 27.7 Å². The zero-order valence-electron chi connectivity index (χ0n) is 33.6. The van der Waals surface area contributed by atoms with E-state index in [1.165, 1.54) is 4.90 Å². The number of hydrogen-bond donors (Lipinski definition) is 3. The van der Waals surface area contributed by atoms with Crippen LogP contribution < -0.4 is 24.8 Å². The van der Waals surface area contributed by atoms with E-state index in [1.54, 1.807) is 33.9 Å². The molecule has 1 saturated heterocycles. The average molecular weight is 796 g/mol. The van der Waals surface area contributed by atoms with E-state index < -0.39 is 73.8 Å². The van der Waals surface area contributed by atoms with Crippen molar-refractivity contribution >= 4 is 44.6 Å². The molecule has 3 fully saturated rings. The number of hydrogen-bond acceptors (Lipinski definition) is 10. The minimum absolute atomic E-state index is 0.0200. The van der Waals surface area contributed by atoms with Gasteiger partial charge in [-0.1, -0.05) is 50.6 Å². The van der Waals surface area contributed by atoms with Crippen molar-refractivity contribution in [3.63, 3.8) is 0 Å². The second-order valence-corrected chi connectivity index (χ2v) is 19.4. The molecule has 1 aromatic heterocycles. The molecular weight excluding hydrogens is 739 g/mol. The summed E-state index contributed by atoms with van der Waals surface area (Å²) < 4.78 is 45.6. The van der Waals surface area contributed by atoms with Crippen molar-refractivity contribution in [1.29, 1.82) is 0 Å². The van der Waals surface area contributed by atoms with Crippen molar-refractivity contribution < 1.29 is 41.8 Å². The monoisotopic (exact) mass is 795 g/mol. The summed E-state index contributed by atoms with van der Waals surface area (Å²) in [4.78, 5) is 62.8. The summed E-state index contributed by atoms with van der Waals surface area (Å²) in [6.45, 7) is 13.2. The lowest BCUT2D eigenvalue weighted by Gasteiger charge is -2.34. The number of carbonyl (C=O) groups is 4. The van der Waals surface area contributed by atoms with Gasteiger partial charge in [-0.05, 0) is 91.0 Å². The van der Waals surface area contributed by atoms with Gasteiger partial charge >= 0.3 is 6.09 Å². The zero-order valence-corrected chi connectivity index (χ0v) is 34.4. The van der Waals surface area contributed by atoms with E-state index in [2.05, 4.69) is 27.3 Å². The van der Waals surface area contributed by atoms with Crippen molar-refractivity contribution in [3.8, 4) is 11.6 Å². The highest BCUT2D eigenvalue weighted by Gasteiger charge is 2.63. The first-order valence-electron chi connectivity index (χ1n) is 19.9. The number of pyridine rings is 1. The van der Waals surface area contributed by atoms with Gasteiger partial charge in [0, 0.05) is 23.1 Å². The summed E-state index contributed by atoms with van der Waals surface area (Å²) in [5, 5.41) is 7.27. The summed E-state index contributed by atoms with van der Waals surface area (Å²) in [6.07, 6.45) is 7.74. The molecule has 4 aliphatic rings. The number of benzene rings is 1. The number of amides is 4. The SMILES string of the molecule is CCOc1cnc(OC2CC3C(=O)NC4(C(=O)NS(=O)(=O)C5(C)CC5)CC4C=CCCC(C)CC(CC)C(NC(=O)OC(C)(C)C)C(=O)N3C2)c2ccccc12. The molecule has 7 unspecified atom stereocenters. The summed E-state index contributed by atoms with van der Waals surface area (Å²) in [5.74, 6) is -1.59. The molecule has 0 radical (unpaired) electrons. The van der Waals surface area contributed by atoms with Gasteiger partial charge in [-0.3, -0.25) is 19.1 Å². The Kier molecular flexibility index (Phi) is 11.7. The number of ether oxygens (including phenoxy) is 3. The van der Waals surface area contributed by atoms with E-state index in [0.29, 0.717) is 55.7 Å². The van der Waals surface area contributed by atoms with Crippen LogP contribution in [0.2, 0.25) is 0 Å². The van der Waals surface area contributed by atoms with E-state index in [-0.39, 0.29) is 31.2 Å². The first-order chi connectivity index (χ1) is 26.4. The number of rotatable bonds is 9. The quantitative estimate of drug-likeness (QED) is 0.287. The fraction of sp³-hybridized carbons (Fsp3) is 0.634. The van der Waals surface area contributed by atoms with Crippen molar-refractivity contribution in [3.05, 3.63) is 42.6 Å². The Balaban J connectivity index is 1.37. The van der Waals surface area contributed by atoms with E-state index in [1.807, 2.05) is 50.3 Å². The van der Waals surface area contributed by atoms with Crippen molar-refractivity contribution in [1.82, 2.24) is 25.2 Å². The fourth-order valence-electron chi connectivity index (χ4n) is 7.91. The summed E-state index contributed by atoms with van der Waals surface area (Å²) in [5.41, 5.74) is -2.35. The Hall–Kier alpha value is -4.40. The number of sulfonamides is 1. The Morgan fingerprint density at radius 1 is 1.09 bits per heavy atom. The molecule has 3 heterocycles. The lowest BCUT2D eigenvalue weighted by molar-refractivity contribution is -0.142. The summed E-state index contributed by atoms with van der Waals surface area (Å²) in [6, 6.07) is 5.34. The molecule has 15 heteroatoms. The second-order valence-electron chi connectivity index (χ2n) is 17.2. The number of aromatic nitrogens is 1. The average Bonchev–Trinajstić information content (AvgIpc) is 4.01. The Morgan fingerprint density at radius 3 is 2.46 bits per heavy atom. The van der Waals surface area contributed by atoms with Crippen LogP contribution in [0.15, 0.2) is 42.6 Å². The van der Waals surface area contributed by atoms with Gasteiger partial charge in [-0.25, -0.2) is 18.2 Å². The topological polar surface area (TPSA) is 182 Å². The van der Waals surface area contributed by atoms with Gasteiger partial charge in [-0.2, -0.15) is 0 Å². The van der Waals surface area contributed by atoms with E-state index in [4.69, 9.17) is 14.2 Å². The van der Waals surface area contributed by atoms with Crippen LogP contribution in [-0.2, 0) is 29.1 Å². The minimum Gasteiger partial charge on any atom is -0.492 e. The normalized spacial score (nSPS) is 29.2. The Bertz CT molecular complexity index is 1980. The van der Waals surface area contributed by atoms with Crippen LogP contribution in [0.5, 0.6) is 11.6 Å². The summed E-state index contributed by atoms with van der Waals surface area (Å²) >= 11 is 0. The molecule has 56 heavy (non-hydrogen) atoms. The van der Waals surface area contributed by atoms with Crippen LogP contribution in [0.3, 0.4) is 0 Å². The number of nitrogens with zero attached hydrogens (tertiary/aromatic N) is 2. The lowest BCUT2D eigenvalue weighted by Crippen LogP contribution is -2.59. The maximum atomic E-state index is 14.9. The first-order valence-corrected chi connectivity index (χ1v) is 21.4. The fourth-order valence-corrected chi connectivity index (χ4v) is 9.22. The number of allylic oxidation sites excluding steroid dienone is 1. The maximum Gasteiger partial charge on any atom is 0.408 e. The number of carbonyl (C=O) groups excluding carboxylic acids is 4. The van der Waals surface area contributed by atoms with Crippen LogP contribution in [0.1, 0.15) is 99.8 Å². The molecule has 4 amide bonds. The van der Waals surface area contributed by atoms with Crippen molar-refractivity contribution in [2.75, 3.05) is 13.2 Å². The minimum atomic E-state index is -4.00. The van der Waals surface area contributed by atoms with Crippen LogP contribution in [0.25, 0.3) is 10.8 Å². The molecule has 0 spiro atoms. The van der Waals surface area contributed by atoms with Gasteiger partial charge in [0.25, 0.3) is 5.91 Å². The molecule has 14 nitrogen and oxygen atoms in total. The predicted octanol–water partition coefficient (Wildman–Crippen LogP) is 5.15. The van der Waals surface area contributed by atoms with Gasteiger partial charge in [0.15, 0.2) is 0 Å². The Labute approximate surface area is 329 Å². The molecule has 7 atom stereocenters. The van der Waals surface area contributed by atoms with Crippen LogP contribution in [0.4, 0.5) is 4.79 Å². The van der Waals surface area contributed by atoms with Gasteiger partial charge in [0.1, 0.15) is 35.1 Å². The van der Waals surface area contributed by atoms with Crippen LogP contribution >= 0.6 is 0 Å². The second kappa shape index (κ2) is 15.9. The molecule has 2 saturated carbocycles. The number of nitrogens with one attached hydrogen (secondary N) is 3. The summed E-state index contributed by atoms with van der Waals surface area (Å²) in [7, 11) is -4.00. The third kappa shape index (κ3) is 8.77. The molecule has 1 aromatic carbocycles. The molecule has 0 bridgehead atoms.